The van der Waals surface area contributed by atoms with Gasteiger partial charge < -0.3 is 15.3 Å². The lowest BCUT2D eigenvalue weighted by Crippen LogP contribution is -2.44. The zero-order valence-corrected chi connectivity index (χ0v) is 10.7. The average Bonchev–Trinajstić information content (AvgIpc) is 2.29. The molecule has 20 heavy (non-hydrogen) atoms. The Kier molecular flexibility index (Phi) is 5.20. The second-order valence-corrected chi connectivity index (χ2v) is 4.24. The Hall–Kier alpha value is -1.96. The van der Waals surface area contributed by atoms with Crippen LogP contribution < -0.4 is 5.32 Å². The van der Waals surface area contributed by atoms with Crippen molar-refractivity contribution in [3.63, 3.8) is 0 Å². The quantitative estimate of drug-likeness (QED) is 0.898. The van der Waals surface area contributed by atoms with E-state index in [1.165, 1.54) is 24.3 Å². The first-order chi connectivity index (χ1) is 9.17. The minimum absolute atomic E-state index is 0.150. The molecule has 0 aromatic heterocycles. The number of nitrogens with one attached hydrogen (secondary N) is 1. The highest BCUT2D eigenvalue weighted by molar-refractivity contribution is 6.30. The Balaban J connectivity index is 2.76. The van der Waals surface area contributed by atoms with Crippen LogP contribution >= 0.6 is 11.6 Å². The van der Waals surface area contributed by atoms with Crippen molar-refractivity contribution in [3.05, 3.63) is 29.3 Å². The highest BCUT2D eigenvalue weighted by Gasteiger charge is 2.34. The second-order valence-electron chi connectivity index (χ2n) is 3.80. The van der Waals surface area contributed by atoms with Gasteiger partial charge >= 0.3 is 18.2 Å². The fourth-order valence-corrected chi connectivity index (χ4v) is 1.44. The first kappa shape index (κ1) is 16.1. The van der Waals surface area contributed by atoms with Crippen LogP contribution in [0.5, 0.6) is 0 Å². The van der Waals surface area contributed by atoms with Gasteiger partial charge in [-0.3, -0.25) is 4.79 Å². The van der Waals surface area contributed by atoms with Crippen molar-refractivity contribution < 1.29 is 27.9 Å². The number of hydrogen-bond donors (Lipinski definition) is 2. The summed E-state index contributed by atoms with van der Waals surface area (Å²) in [6.07, 6.45) is -4.69. The molecule has 1 rings (SSSR count). The number of hydrogen-bond acceptors (Lipinski definition) is 2. The van der Waals surface area contributed by atoms with E-state index in [0.29, 0.717) is 5.02 Å². The van der Waals surface area contributed by atoms with Gasteiger partial charge in [0, 0.05) is 10.7 Å². The molecule has 0 aliphatic heterocycles. The lowest BCUT2D eigenvalue weighted by atomic mass is 10.3. The maximum atomic E-state index is 12.3. The number of alkyl halides is 3. The highest BCUT2D eigenvalue weighted by Crippen LogP contribution is 2.18. The summed E-state index contributed by atoms with van der Waals surface area (Å²) < 4.78 is 36.8. The number of halogens is 4. The number of aliphatic carboxylic acids is 1. The molecule has 2 N–H and O–H groups in total. The first-order valence-corrected chi connectivity index (χ1v) is 5.65. The predicted octanol–water partition coefficient (Wildman–Crippen LogP) is 2.82. The van der Waals surface area contributed by atoms with Crippen LogP contribution in [0.1, 0.15) is 0 Å². The van der Waals surface area contributed by atoms with Crippen molar-refractivity contribution in [2.24, 2.45) is 0 Å². The van der Waals surface area contributed by atoms with Crippen molar-refractivity contribution in [1.29, 1.82) is 0 Å². The molecule has 0 bridgehead atoms. The number of carboxylic acids is 1. The third-order valence-corrected chi connectivity index (χ3v) is 2.33. The van der Waals surface area contributed by atoms with Gasteiger partial charge in [0.05, 0.1) is 0 Å². The van der Waals surface area contributed by atoms with E-state index in [1.807, 2.05) is 0 Å². The molecule has 0 saturated carbocycles. The van der Waals surface area contributed by atoms with Crippen molar-refractivity contribution in [2.45, 2.75) is 6.18 Å². The van der Waals surface area contributed by atoms with E-state index in [2.05, 4.69) is 5.32 Å². The molecule has 0 unspecified atom stereocenters. The van der Waals surface area contributed by atoms with Gasteiger partial charge in [0.1, 0.15) is 13.1 Å². The fraction of sp³-hybridized carbons (Fsp3) is 0.273. The number of benzene rings is 1. The number of anilines is 1. The van der Waals surface area contributed by atoms with Crippen LogP contribution in [0.15, 0.2) is 24.3 Å². The lowest BCUT2D eigenvalue weighted by molar-refractivity contribution is -0.148. The standard InChI is InChI=1S/C11H10ClF3N2O3/c12-7-1-3-8(4-2-7)16-10(20)17(5-9(18)19)6-11(13,14)15/h1-4H,5-6H2,(H,16,20)(H,18,19). The van der Waals surface area contributed by atoms with E-state index < -0.39 is 31.3 Å². The van der Waals surface area contributed by atoms with Gasteiger partial charge in [0.15, 0.2) is 0 Å². The molecule has 9 heteroatoms. The molecule has 110 valence electrons. The SMILES string of the molecule is O=C(O)CN(CC(F)(F)F)C(=O)Nc1ccc(Cl)cc1. The van der Waals surface area contributed by atoms with Gasteiger partial charge in [-0.15, -0.1) is 0 Å². The van der Waals surface area contributed by atoms with Crippen LogP contribution in [0, 0.1) is 0 Å². The Morgan fingerprint density at radius 2 is 1.80 bits per heavy atom. The maximum absolute atomic E-state index is 12.3. The van der Waals surface area contributed by atoms with Crippen LogP contribution in [-0.2, 0) is 4.79 Å². The van der Waals surface area contributed by atoms with E-state index >= 15 is 0 Å². The zero-order chi connectivity index (χ0) is 15.3. The summed E-state index contributed by atoms with van der Waals surface area (Å²) in [7, 11) is 0. The molecule has 0 aliphatic rings. The van der Waals surface area contributed by atoms with E-state index in [1.54, 1.807) is 0 Å². The van der Waals surface area contributed by atoms with Crippen molar-refractivity contribution >= 4 is 29.3 Å². The molecule has 5 nitrogen and oxygen atoms in total. The van der Waals surface area contributed by atoms with E-state index in [4.69, 9.17) is 16.7 Å². The molecular weight excluding hydrogens is 301 g/mol. The van der Waals surface area contributed by atoms with Crippen LogP contribution in [-0.4, -0.2) is 41.3 Å². The smallest absolute Gasteiger partial charge is 0.406 e. The Morgan fingerprint density at radius 3 is 2.25 bits per heavy atom. The van der Waals surface area contributed by atoms with Crippen molar-refractivity contribution in [2.75, 3.05) is 18.4 Å². The molecule has 0 heterocycles. The number of nitrogens with zero attached hydrogens (tertiary/aromatic N) is 1. The van der Waals surface area contributed by atoms with E-state index in [-0.39, 0.29) is 10.6 Å². The fourth-order valence-electron chi connectivity index (χ4n) is 1.31. The minimum atomic E-state index is -4.69. The Labute approximate surface area is 116 Å². The normalized spacial score (nSPS) is 11.0. The number of urea groups is 1. The molecule has 1 aromatic carbocycles. The minimum Gasteiger partial charge on any atom is -0.480 e. The maximum Gasteiger partial charge on any atom is 0.406 e. The predicted molar refractivity (Wildman–Crippen MR) is 65.7 cm³/mol. The van der Waals surface area contributed by atoms with Crippen LogP contribution in [0.4, 0.5) is 23.7 Å². The third-order valence-electron chi connectivity index (χ3n) is 2.08. The summed E-state index contributed by atoms with van der Waals surface area (Å²) in [5.74, 6) is -1.54. The summed E-state index contributed by atoms with van der Waals surface area (Å²) in [5, 5.41) is 11.1. The molecular formula is C11H10ClF3N2O3. The number of carboxylic acid groups (broad SMARTS) is 1. The number of carbonyl (C=O) groups excluding carboxylic acids is 1. The second kappa shape index (κ2) is 6.47. The van der Waals surface area contributed by atoms with Gasteiger partial charge in [-0.25, -0.2) is 4.79 Å². The molecule has 0 aliphatic carbocycles. The first-order valence-electron chi connectivity index (χ1n) is 5.27. The zero-order valence-electron chi connectivity index (χ0n) is 9.95. The lowest BCUT2D eigenvalue weighted by Gasteiger charge is -2.22. The van der Waals surface area contributed by atoms with E-state index in [9.17, 15) is 22.8 Å². The molecule has 0 atom stereocenters. The van der Waals surface area contributed by atoms with Crippen LogP contribution in [0.3, 0.4) is 0 Å². The molecule has 0 spiro atoms. The topological polar surface area (TPSA) is 69.6 Å². The summed E-state index contributed by atoms with van der Waals surface area (Å²) in [6, 6.07) is 4.47. The molecule has 0 fully saturated rings. The van der Waals surface area contributed by atoms with Crippen molar-refractivity contribution in [1.82, 2.24) is 4.90 Å². The summed E-state index contributed by atoms with van der Waals surface area (Å²) >= 11 is 5.62. The van der Waals surface area contributed by atoms with Crippen LogP contribution in [0.25, 0.3) is 0 Å². The average molecular weight is 311 g/mol. The summed E-state index contributed by atoms with van der Waals surface area (Å²) in [5.41, 5.74) is 0.206. The Bertz CT molecular complexity index is 491. The monoisotopic (exact) mass is 310 g/mol. The van der Waals surface area contributed by atoms with Gasteiger partial charge in [0.2, 0.25) is 0 Å². The largest absolute Gasteiger partial charge is 0.480 e. The molecule has 1 aromatic rings. The Morgan fingerprint density at radius 1 is 1.25 bits per heavy atom. The molecule has 2 amide bonds. The third kappa shape index (κ3) is 5.79. The summed E-state index contributed by atoms with van der Waals surface area (Å²) in [6.45, 7) is -2.71. The number of amides is 2. The van der Waals surface area contributed by atoms with Gasteiger partial charge in [-0.05, 0) is 24.3 Å². The molecule has 0 saturated heterocycles. The van der Waals surface area contributed by atoms with Gasteiger partial charge in [-0.2, -0.15) is 13.2 Å². The van der Waals surface area contributed by atoms with Crippen LogP contribution in [0.2, 0.25) is 5.02 Å². The number of rotatable bonds is 4. The highest BCUT2D eigenvalue weighted by atomic mass is 35.5. The number of carbonyl (C=O) groups is 2. The van der Waals surface area contributed by atoms with Gasteiger partial charge in [-0.1, -0.05) is 11.6 Å². The van der Waals surface area contributed by atoms with E-state index in [0.717, 1.165) is 0 Å². The van der Waals surface area contributed by atoms with Crippen molar-refractivity contribution in [3.8, 4) is 0 Å². The molecule has 0 radical (unpaired) electrons. The van der Waals surface area contributed by atoms with Gasteiger partial charge in [0.25, 0.3) is 0 Å². The summed E-state index contributed by atoms with van der Waals surface area (Å²) in [4.78, 5) is 22.3.